The summed E-state index contributed by atoms with van der Waals surface area (Å²) in [5.41, 5.74) is -0.271. The Morgan fingerprint density at radius 2 is 1.72 bits per heavy atom. The van der Waals surface area contributed by atoms with Crippen LogP contribution in [0.25, 0.3) is 22.7 Å². The zero-order valence-corrected chi connectivity index (χ0v) is 21.6. The quantitative estimate of drug-likeness (QED) is 0.348. The SMILES string of the molecule is CCCn1c(=O)c2[nH]c(-c3cc(OC4CCN(c5ccc(C(F)(F)F)cc5)CC4)no3)nc2n(CCC)c1=O. The number of imidazole rings is 1. The van der Waals surface area contributed by atoms with E-state index in [4.69, 9.17) is 9.26 Å². The number of halogens is 3. The van der Waals surface area contributed by atoms with Crippen LogP contribution >= 0.6 is 0 Å². The van der Waals surface area contributed by atoms with Crippen LogP contribution in [0.2, 0.25) is 0 Å². The first-order chi connectivity index (χ1) is 18.7. The summed E-state index contributed by atoms with van der Waals surface area (Å²) in [6.07, 6.45) is -1.89. The minimum absolute atomic E-state index is 0.152. The number of benzene rings is 1. The van der Waals surface area contributed by atoms with Crippen molar-refractivity contribution >= 4 is 16.9 Å². The monoisotopic (exact) mass is 546 g/mol. The van der Waals surface area contributed by atoms with Gasteiger partial charge in [-0.15, -0.1) is 0 Å². The summed E-state index contributed by atoms with van der Waals surface area (Å²) in [7, 11) is 0. The Labute approximate surface area is 221 Å². The second-order valence-electron chi connectivity index (χ2n) is 9.55. The zero-order chi connectivity index (χ0) is 27.7. The van der Waals surface area contributed by atoms with Crippen LogP contribution in [0.4, 0.5) is 18.9 Å². The number of aromatic nitrogens is 5. The lowest BCUT2D eigenvalue weighted by Gasteiger charge is -2.33. The first kappa shape index (κ1) is 26.6. The van der Waals surface area contributed by atoms with Gasteiger partial charge in [0.15, 0.2) is 17.0 Å². The number of alkyl halides is 3. The van der Waals surface area contributed by atoms with Crippen molar-refractivity contribution in [3.8, 4) is 17.5 Å². The molecule has 0 unspecified atom stereocenters. The fourth-order valence-electron chi connectivity index (χ4n) is 4.82. The molecule has 208 valence electrons. The molecule has 1 fully saturated rings. The fourth-order valence-corrected chi connectivity index (χ4v) is 4.82. The van der Waals surface area contributed by atoms with E-state index in [1.807, 2.05) is 18.7 Å². The van der Waals surface area contributed by atoms with Gasteiger partial charge in [0.25, 0.3) is 11.4 Å². The van der Waals surface area contributed by atoms with E-state index in [2.05, 4.69) is 15.1 Å². The van der Waals surface area contributed by atoms with Gasteiger partial charge < -0.3 is 19.1 Å². The summed E-state index contributed by atoms with van der Waals surface area (Å²) in [4.78, 5) is 35.3. The summed E-state index contributed by atoms with van der Waals surface area (Å²) >= 11 is 0. The molecule has 13 heteroatoms. The van der Waals surface area contributed by atoms with Gasteiger partial charge in [-0.2, -0.15) is 13.2 Å². The first-order valence-electron chi connectivity index (χ1n) is 13.0. The molecule has 10 nitrogen and oxygen atoms in total. The lowest BCUT2D eigenvalue weighted by atomic mass is 10.1. The molecular weight excluding hydrogens is 517 g/mol. The van der Waals surface area contributed by atoms with Crippen molar-refractivity contribution in [1.29, 1.82) is 0 Å². The highest BCUT2D eigenvalue weighted by molar-refractivity contribution is 5.74. The largest absolute Gasteiger partial charge is 0.472 e. The Morgan fingerprint density at radius 3 is 2.36 bits per heavy atom. The van der Waals surface area contributed by atoms with Crippen molar-refractivity contribution in [2.24, 2.45) is 0 Å². The van der Waals surface area contributed by atoms with Gasteiger partial charge in [-0.3, -0.25) is 13.9 Å². The third kappa shape index (κ3) is 5.30. The second-order valence-corrected chi connectivity index (χ2v) is 9.55. The molecule has 0 aliphatic carbocycles. The maximum Gasteiger partial charge on any atom is 0.416 e. The van der Waals surface area contributed by atoms with Gasteiger partial charge >= 0.3 is 11.9 Å². The van der Waals surface area contributed by atoms with Crippen molar-refractivity contribution in [1.82, 2.24) is 24.3 Å². The minimum atomic E-state index is -4.36. The predicted octanol–water partition coefficient (Wildman–Crippen LogP) is 4.43. The number of fused-ring (bicyclic) bond motifs is 1. The van der Waals surface area contributed by atoms with E-state index < -0.39 is 23.0 Å². The molecule has 1 aliphatic rings. The standard InChI is InChI=1S/C26H29F3N6O4/c1-3-11-34-23-21(24(36)35(12-4-2)25(34)37)30-22(31-23)19-15-20(32-39-19)38-18-9-13-33(14-10-18)17-7-5-16(6-8-17)26(27,28)29/h5-8,15,18H,3-4,9-14H2,1-2H3,(H,30,31). The Bertz CT molecular complexity index is 1560. The lowest BCUT2D eigenvalue weighted by molar-refractivity contribution is -0.137. The summed E-state index contributed by atoms with van der Waals surface area (Å²) in [6.45, 7) is 5.79. The highest BCUT2D eigenvalue weighted by Crippen LogP contribution is 2.31. The Balaban J connectivity index is 1.29. The predicted molar refractivity (Wildman–Crippen MR) is 138 cm³/mol. The van der Waals surface area contributed by atoms with E-state index in [1.165, 1.54) is 21.3 Å². The molecule has 1 aliphatic heterocycles. The molecule has 0 radical (unpaired) electrons. The topological polar surface area (TPSA) is 111 Å². The van der Waals surface area contributed by atoms with E-state index >= 15 is 0 Å². The summed E-state index contributed by atoms with van der Waals surface area (Å²) in [5, 5.41) is 3.98. The molecule has 1 aromatic carbocycles. The molecule has 0 spiro atoms. The Kier molecular flexibility index (Phi) is 7.23. The average Bonchev–Trinajstić information content (AvgIpc) is 3.57. The zero-order valence-electron chi connectivity index (χ0n) is 21.6. The van der Waals surface area contributed by atoms with Crippen LogP contribution in [0, 0.1) is 0 Å². The molecule has 4 heterocycles. The van der Waals surface area contributed by atoms with Crippen LogP contribution in [0.1, 0.15) is 45.1 Å². The number of H-pyrrole nitrogens is 1. The van der Waals surface area contributed by atoms with E-state index in [1.54, 1.807) is 6.07 Å². The van der Waals surface area contributed by atoms with E-state index in [9.17, 15) is 22.8 Å². The van der Waals surface area contributed by atoms with E-state index in [0.717, 1.165) is 17.8 Å². The number of ether oxygens (including phenoxy) is 1. The number of hydrogen-bond donors (Lipinski definition) is 1. The number of piperidine rings is 1. The number of nitrogens with zero attached hydrogens (tertiary/aromatic N) is 5. The van der Waals surface area contributed by atoms with Crippen LogP contribution in [-0.4, -0.2) is 43.5 Å². The number of hydrogen-bond acceptors (Lipinski definition) is 7. The second kappa shape index (κ2) is 10.6. The van der Waals surface area contributed by atoms with Crippen molar-refractivity contribution in [3.63, 3.8) is 0 Å². The fraction of sp³-hybridized carbons (Fsp3) is 0.462. The van der Waals surface area contributed by atoms with Crippen molar-refractivity contribution in [2.45, 2.75) is 64.9 Å². The Hall–Kier alpha value is -4.03. The molecule has 4 aromatic rings. The van der Waals surface area contributed by atoms with Crippen molar-refractivity contribution in [2.75, 3.05) is 18.0 Å². The van der Waals surface area contributed by atoms with Gasteiger partial charge in [-0.25, -0.2) is 9.78 Å². The number of aryl methyl sites for hydroxylation is 1. The molecule has 1 N–H and O–H groups in total. The van der Waals surface area contributed by atoms with Gasteiger partial charge in [-0.05, 0) is 42.3 Å². The van der Waals surface area contributed by atoms with Crippen LogP contribution in [0.3, 0.4) is 0 Å². The number of rotatable bonds is 8. The van der Waals surface area contributed by atoms with Crippen LogP contribution in [-0.2, 0) is 19.3 Å². The molecular formula is C26H29F3N6O4. The van der Waals surface area contributed by atoms with Gasteiger partial charge in [0, 0.05) is 44.7 Å². The molecule has 1 saturated heterocycles. The summed E-state index contributed by atoms with van der Waals surface area (Å²) < 4.78 is 52.6. The molecule has 0 amide bonds. The molecule has 0 atom stereocenters. The lowest BCUT2D eigenvalue weighted by Crippen LogP contribution is -2.40. The van der Waals surface area contributed by atoms with Gasteiger partial charge in [-0.1, -0.05) is 13.8 Å². The van der Waals surface area contributed by atoms with Gasteiger partial charge in [0.1, 0.15) is 6.10 Å². The van der Waals surface area contributed by atoms with Crippen molar-refractivity contribution < 1.29 is 22.4 Å². The normalized spacial score (nSPS) is 14.8. The summed E-state index contributed by atoms with van der Waals surface area (Å²) in [6, 6.07) is 6.73. The molecule has 3 aromatic heterocycles. The highest BCUT2D eigenvalue weighted by Gasteiger charge is 2.30. The number of anilines is 1. The van der Waals surface area contributed by atoms with Gasteiger partial charge in [0.05, 0.1) is 11.6 Å². The van der Waals surface area contributed by atoms with Crippen LogP contribution in [0.5, 0.6) is 5.88 Å². The Morgan fingerprint density at radius 1 is 1.05 bits per heavy atom. The number of nitrogens with one attached hydrogen (secondary N) is 1. The molecule has 39 heavy (non-hydrogen) atoms. The smallest absolute Gasteiger partial charge is 0.416 e. The van der Waals surface area contributed by atoms with Crippen LogP contribution < -0.4 is 20.9 Å². The average molecular weight is 547 g/mol. The minimum Gasteiger partial charge on any atom is -0.472 e. The van der Waals surface area contributed by atoms with Crippen molar-refractivity contribution in [3.05, 3.63) is 56.7 Å². The van der Waals surface area contributed by atoms with Crippen LogP contribution in [0.15, 0.2) is 44.4 Å². The molecule has 0 bridgehead atoms. The van der Waals surface area contributed by atoms with Gasteiger partial charge in [0.2, 0.25) is 5.76 Å². The molecule has 5 rings (SSSR count). The van der Waals surface area contributed by atoms with E-state index in [-0.39, 0.29) is 34.7 Å². The third-order valence-corrected chi connectivity index (χ3v) is 6.77. The number of aromatic amines is 1. The maximum atomic E-state index is 13.0. The van der Waals surface area contributed by atoms with E-state index in [0.29, 0.717) is 51.9 Å². The highest BCUT2D eigenvalue weighted by atomic mass is 19.4. The third-order valence-electron chi connectivity index (χ3n) is 6.77. The maximum absolute atomic E-state index is 13.0. The summed E-state index contributed by atoms with van der Waals surface area (Å²) in [5.74, 6) is 0.785. The molecule has 0 saturated carbocycles. The first-order valence-corrected chi connectivity index (χ1v) is 13.0.